The molecule has 0 saturated carbocycles. The number of hydrogen-bond acceptors (Lipinski definition) is 4. The monoisotopic (exact) mass is 253 g/mol. The number of nitrogens with zero attached hydrogens (tertiary/aromatic N) is 2. The number of rotatable bonds is 7. The summed E-state index contributed by atoms with van der Waals surface area (Å²) < 4.78 is 12.6. The third-order valence-corrected chi connectivity index (χ3v) is 3.29. The van der Waals surface area contributed by atoms with Gasteiger partial charge in [0.15, 0.2) is 0 Å². The number of imidazole rings is 1. The van der Waals surface area contributed by atoms with E-state index in [4.69, 9.17) is 9.47 Å². The van der Waals surface area contributed by atoms with Crippen LogP contribution in [0.1, 0.15) is 18.5 Å². The largest absolute Gasteiger partial charge is 0.383 e. The molecule has 18 heavy (non-hydrogen) atoms. The van der Waals surface area contributed by atoms with E-state index < -0.39 is 0 Å². The zero-order valence-electron chi connectivity index (χ0n) is 11.1. The summed E-state index contributed by atoms with van der Waals surface area (Å²) in [6.07, 6.45) is 6.40. The molecule has 0 radical (unpaired) electrons. The Kier molecular flexibility index (Phi) is 5.64. The average Bonchev–Trinajstić information content (AvgIpc) is 2.84. The van der Waals surface area contributed by atoms with Gasteiger partial charge in [-0.1, -0.05) is 0 Å². The maximum absolute atomic E-state index is 5.37. The lowest BCUT2D eigenvalue weighted by molar-refractivity contribution is 0.0612. The molecule has 1 aromatic rings. The molecule has 0 aromatic carbocycles. The van der Waals surface area contributed by atoms with E-state index in [0.29, 0.717) is 0 Å². The highest BCUT2D eigenvalue weighted by atomic mass is 16.5. The van der Waals surface area contributed by atoms with E-state index in [-0.39, 0.29) is 0 Å². The van der Waals surface area contributed by atoms with E-state index >= 15 is 0 Å². The molecule has 0 unspecified atom stereocenters. The van der Waals surface area contributed by atoms with E-state index in [0.717, 1.165) is 51.1 Å². The van der Waals surface area contributed by atoms with Gasteiger partial charge in [0.25, 0.3) is 0 Å². The lowest BCUT2D eigenvalue weighted by Gasteiger charge is -2.22. The van der Waals surface area contributed by atoms with E-state index in [9.17, 15) is 0 Å². The molecule has 0 atom stereocenters. The van der Waals surface area contributed by atoms with Crippen LogP contribution >= 0.6 is 0 Å². The van der Waals surface area contributed by atoms with Crippen molar-refractivity contribution in [1.29, 1.82) is 0 Å². The molecule has 2 heterocycles. The van der Waals surface area contributed by atoms with Crippen molar-refractivity contribution in [1.82, 2.24) is 14.9 Å². The van der Waals surface area contributed by atoms with Gasteiger partial charge in [-0.25, -0.2) is 4.98 Å². The van der Waals surface area contributed by atoms with Crippen LogP contribution in [0, 0.1) is 5.92 Å². The molecule has 102 valence electrons. The molecule has 0 aliphatic carbocycles. The highest BCUT2D eigenvalue weighted by molar-refractivity contribution is 4.96. The molecule has 2 rings (SSSR count). The minimum Gasteiger partial charge on any atom is -0.383 e. The van der Waals surface area contributed by atoms with Gasteiger partial charge in [-0.2, -0.15) is 0 Å². The van der Waals surface area contributed by atoms with Crippen LogP contribution < -0.4 is 5.32 Å². The van der Waals surface area contributed by atoms with E-state index in [2.05, 4.69) is 21.1 Å². The summed E-state index contributed by atoms with van der Waals surface area (Å²) in [6.45, 7) is 5.29. The summed E-state index contributed by atoms with van der Waals surface area (Å²) in [5.41, 5.74) is 1.10. The summed E-state index contributed by atoms with van der Waals surface area (Å²) >= 11 is 0. The number of methoxy groups -OCH3 is 1. The molecule has 1 N–H and O–H groups in total. The standard InChI is InChI=1S/C13H23N3O2/c1-17-7-4-14-8-13-10-16(11-15-13)9-12-2-5-18-6-3-12/h10-12,14H,2-9H2,1H3. The fraction of sp³-hybridized carbons (Fsp3) is 0.769. The van der Waals surface area contributed by atoms with Crippen LogP contribution in [0.5, 0.6) is 0 Å². The number of hydrogen-bond donors (Lipinski definition) is 1. The van der Waals surface area contributed by atoms with Crippen LogP contribution in [-0.2, 0) is 22.6 Å². The molecular weight excluding hydrogens is 230 g/mol. The summed E-state index contributed by atoms with van der Waals surface area (Å²) in [6, 6.07) is 0. The quantitative estimate of drug-likeness (QED) is 0.738. The second-order valence-corrected chi connectivity index (χ2v) is 4.79. The minimum atomic E-state index is 0.738. The second kappa shape index (κ2) is 7.51. The zero-order valence-corrected chi connectivity index (χ0v) is 11.1. The Bertz CT molecular complexity index is 335. The van der Waals surface area contributed by atoms with Gasteiger partial charge in [0.1, 0.15) is 0 Å². The van der Waals surface area contributed by atoms with Crippen molar-refractivity contribution in [3.05, 3.63) is 18.2 Å². The van der Waals surface area contributed by atoms with Crippen molar-refractivity contribution in [3.8, 4) is 0 Å². The van der Waals surface area contributed by atoms with Crippen LogP contribution in [0.3, 0.4) is 0 Å². The van der Waals surface area contributed by atoms with Crippen LogP contribution in [0.25, 0.3) is 0 Å². The molecule has 5 nitrogen and oxygen atoms in total. The first-order valence-corrected chi connectivity index (χ1v) is 6.66. The van der Waals surface area contributed by atoms with Crippen molar-refractivity contribution in [3.63, 3.8) is 0 Å². The maximum atomic E-state index is 5.37. The smallest absolute Gasteiger partial charge is 0.0950 e. The minimum absolute atomic E-state index is 0.738. The first-order valence-electron chi connectivity index (χ1n) is 6.66. The van der Waals surface area contributed by atoms with E-state index in [1.54, 1.807) is 7.11 Å². The lowest BCUT2D eigenvalue weighted by Crippen LogP contribution is -2.20. The predicted molar refractivity (Wildman–Crippen MR) is 69.4 cm³/mol. The van der Waals surface area contributed by atoms with E-state index in [1.165, 1.54) is 12.8 Å². The molecule has 1 aliphatic rings. The Morgan fingerprint density at radius 2 is 2.33 bits per heavy atom. The fourth-order valence-corrected chi connectivity index (χ4v) is 2.22. The average molecular weight is 253 g/mol. The molecule has 0 bridgehead atoms. The van der Waals surface area contributed by atoms with Crippen molar-refractivity contribution < 1.29 is 9.47 Å². The molecule has 1 fully saturated rings. The van der Waals surface area contributed by atoms with Crippen LogP contribution in [0.2, 0.25) is 0 Å². The third kappa shape index (κ3) is 4.40. The highest BCUT2D eigenvalue weighted by Crippen LogP contribution is 2.16. The van der Waals surface area contributed by atoms with Crippen molar-refractivity contribution >= 4 is 0 Å². The van der Waals surface area contributed by atoms with Gasteiger partial charge >= 0.3 is 0 Å². The van der Waals surface area contributed by atoms with Crippen LogP contribution in [0.15, 0.2) is 12.5 Å². The fourth-order valence-electron chi connectivity index (χ4n) is 2.22. The predicted octanol–water partition coefficient (Wildman–Crippen LogP) is 1.05. The van der Waals surface area contributed by atoms with Crippen LogP contribution in [-0.4, -0.2) is 43.0 Å². The molecule has 0 spiro atoms. The van der Waals surface area contributed by atoms with Gasteiger partial charge in [0.2, 0.25) is 0 Å². The van der Waals surface area contributed by atoms with Crippen molar-refractivity contribution in [2.45, 2.75) is 25.9 Å². The van der Waals surface area contributed by atoms with Gasteiger partial charge in [0, 0.05) is 46.2 Å². The topological polar surface area (TPSA) is 48.3 Å². The third-order valence-electron chi connectivity index (χ3n) is 3.29. The van der Waals surface area contributed by atoms with Crippen LogP contribution in [0.4, 0.5) is 0 Å². The molecule has 0 amide bonds. The van der Waals surface area contributed by atoms with Crippen molar-refractivity contribution in [2.24, 2.45) is 5.92 Å². The Balaban J connectivity index is 1.71. The van der Waals surface area contributed by atoms with Gasteiger partial charge in [-0.3, -0.25) is 0 Å². The Hall–Kier alpha value is -0.910. The number of ether oxygens (including phenoxy) is 2. The first kappa shape index (κ1) is 13.5. The zero-order chi connectivity index (χ0) is 12.6. The molecular formula is C13H23N3O2. The number of nitrogens with one attached hydrogen (secondary N) is 1. The molecule has 1 aliphatic heterocycles. The molecule has 1 aromatic heterocycles. The Morgan fingerprint density at radius 3 is 3.11 bits per heavy atom. The summed E-state index contributed by atoms with van der Waals surface area (Å²) in [5.74, 6) is 0.738. The summed E-state index contributed by atoms with van der Waals surface area (Å²) in [7, 11) is 1.71. The van der Waals surface area contributed by atoms with Gasteiger partial charge < -0.3 is 19.4 Å². The summed E-state index contributed by atoms with van der Waals surface area (Å²) in [4.78, 5) is 4.41. The first-order chi connectivity index (χ1) is 8.88. The normalized spacial score (nSPS) is 17.2. The molecule has 5 heteroatoms. The lowest BCUT2D eigenvalue weighted by atomic mass is 10.0. The van der Waals surface area contributed by atoms with Gasteiger partial charge in [-0.15, -0.1) is 0 Å². The van der Waals surface area contributed by atoms with Gasteiger partial charge in [-0.05, 0) is 18.8 Å². The van der Waals surface area contributed by atoms with E-state index in [1.807, 2.05) is 6.33 Å². The van der Waals surface area contributed by atoms with Gasteiger partial charge in [0.05, 0.1) is 18.6 Å². The Labute approximate surface area is 108 Å². The number of aromatic nitrogens is 2. The SMILES string of the molecule is COCCNCc1cn(CC2CCOCC2)cn1. The molecule has 1 saturated heterocycles. The highest BCUT2D eigenvalue weighted by Gasteiger charge is 2.14. The second-order valence-electron chi connectivity index (χ2n) is 4.79. The Morgan fingerprint density at radius 1 is 1.50 bits per heavy atom. The maximum Gasteiger partial charge on any atom is 0.0950 e. The summed E-state index contributed by atoms with van der Waals surface area (Å²) in [5, 5.41) is 3.30. The van der Waals surface area contributed by atoms with Crippen molar-refractivity contribution in [2.75, 3.05) is 33.5 Å².